The molecule has 0 N–H and O–H groups in total. The van der Waals surface area contributed by atoms with Crippen LogP contribution in [0.1, 0.15) is 49.1 Å². The van der Waals surface area contributed by atoms with Crippen molar-refractivity contribution in [1.29, 1.82) is 0 Å². The molecule has 3 aliphatic heterocycles. The highest BCUT2D eigenvalue weighted by molar-refractivity contribution is 5.79. The first-order valence-electron chi connectivity index (χ1n) is 12.7. The Kier molecular flexibility index (Phi) is 6.10. The fourth-order valence-electron chi connectivity index (χ4n) is 5.63. The molecule has 196 valence electrons. The third-order valence-electron chi connectivity index (χ3n) is 7.55. The number of halogens is 2. The van der Waals surface area contributed by atoms with Crippen LogP contribution in [-0.4, -0.2) is 63.3 Å². The van der Waals surface area contributed by atoms with Crippen molar-refractivity contribution >= 4 is 17.4 Å². The van der Waals surface area contributed by atoms with Gasteiger partial charge in [-0.3, -0.25) is 14.2 Å². The molecule has 1 fully saturated rings. The molecular weight excluding hydrogens is 482 g/mol. The lowest BCUT2D eigenvalue weighted by Gasteiger charge is -2.33. The molecule has 5 heterocycles. The first-order valence-corrected chi connectivity index (χ1v) is 12.7. The van der Waals surface area contributed by atoms with Crippen molar-refractivity contribution in [3.8, 4) is 16.9 Å². The van der Waals surface area contributed by atoms with Crippen LogP contribution in [0, 0.1) is 0 Å². The van der Waals surface area contributed by atoms with Crippen LogP contribution in [0.4, 0.5) is 20.3 Å². The number of amides is 1. The highest BCUT2D eigenvalue weighted by Gasteiger charge is 2.34. The number of benzene rings is 1. The van der Waals surface area contributed by atoms with Gasteiger partial charge in [0.15, 0.2) is 5.82 Å². The van der Waals surface area contributed by atoms with E-state index in [0.29, 0.717) is 74.3 Å². The highest BCUT2D eigenvalue weighted by Crippen LogP contribution is 2.45. The summed E-state index contributed by atoms with van der Waals surface area (Å²) in [6.07, 6.45) is 3.07. The topological polar surface area (TPSA) is 77.7 Å². The molecule has 3 aromatic rings. The van der Waals surface area contributed by atoms with E-state index in [-0.39, 0.29) is 17.5 Å². The van der Waals surface area contributed by atoms with E-state index in [4.69, 9.17) is 14.6 Å². The van der Waals surface area contributed by atoms with Crippen molar-refractivity contribution in [2.45, 2.75) is 45.2 Å². The summed E-state index contributed by atoms with van der Waals surface area (Å²) in [5, 5.41) is 9.23. The van der Waals surface area contributed by atoms with E-state index in [9.17, 15) is 13.6 Å². The van der Waals surface area contributed by atoms with E-state index in [1.54, 1.807) is 37.1 Å². The number of carbonyl (C=O) groups excluding carboxylic acids is 1. The van der Waals surface area contributed by atoms with Crippen molar-refractivity contribution < 1.29 is 23.0 Å². The van der Waals surface area contributed by atoms with E-state index < -0.39 is 6.43 Å². The van der Waals surface area contributed by atoms with Crippen LogP contribution in [0.15, 0.2) is 24.5 Å². The Bertz CT molecular complexity index is 1330. The highest BCUT2D eigenvalue weighted by atomic mass is 19.3. The minimum atomic E-state index is -2.67. The summed E-state index contributed by atoms with van der Waals surface area (Å²) in [5.74, 6) is 1.26. The number of hydrogen-bond donors (Lipinski definition) is 0. The number of alkyl halides is 2. The Morgan fingerprint density at radius 1 is 1.16 bits per heavy atom. The molecule has 1 aromatic carbocycles. The lowest BCUT2D eigenvalue weighted by molar-refractivity contribution is -0.129. The third kappa shape index (κ3) is 4.24. The number of carbonyl (C=O) groups is 1. The van der Waals surface area contributed by atoms with E-state index in [1.807, 2.05) is 9.80 Å². The van der Waals surface area contributed by atoms with Crippen LogP contribution in [-0.2, 0) is 29.5 Å². The summed E-state index contributed by atoms with van der Waals surface area (Å²) in [7, 11) is 1.75. The van der Waals surface area contributed by atoms with Crippen molar-refractivity contribution in [3.63, 3.8) is 0 Å². The minimum Gasteiger partial charge on any atom is -0.490 e. The molecule has 6 rings (SSSR count). The summed E-state index contributed by atoms with van der Waals surface area (Å²) in [6, 6.07) is 3.42. The molecule has 37 heavy (non-hydrogen) atoms. The maximum Gasteiger partial charge on any atom is 0.264 e. The molecule has 0 atom stereocenters. The van der Waals surface area contributed by atoms with Crippen LogP contribution in [0.5, 0.6) is 5.75 Å². The molecule has 1 amide bonds. The predicted molar refractivity (Wildman–Crippen MR) is 132 cm³/mol. The van der Waals surface area contributed by atoms with E-state index >= 15 is 0 Å². The lowest BCUT2D eigenvalue weighted by atomic mass is 9.99. The zero-order chi connectivity index (χ0) is 25.7. The molecule has 1 saturated heterocycles. The number of fused-ring (bicyclic) bond motifs is 2. The van der Waals surface area contributed by atoms with E-state index in [1.165, 1.54) is 6.07 Å². The Morgan fingerprint density at radius 2 is 1.97 bits per heavy atom. The standard InChI is InChI=1S/C26H30F2N6O3/c1-16(35)32-6-3-22-21(15-32)26(30-34(22)18-4-8-36-9-5-18)33-7-10-37-24-12-19(17-13-29-31(2)14-17)20(25(27)28)11-23(24)33/h11-14,18,25H,3-10,15H2,1-2H3. The van der Waals surface area contributed by atoms with Gasteiger partial charge in [0, 0.05) is 68.7 Å². The van der Waals surface area contributed by atoms with Gasteiger partial charge >= 0.3 is 0 Å². The quantitative estimate of drug-likeness (QED) is 0.526. The van der Waals surface area contributed by atoms with Crippen molar-refractivity contribution in [1.82, 2.24) is 24.5 Å². The summed E-state index contributed by atoms with van der Waals surface area (Å²) in [5.41, 5.74) is 3.60. The summed E-state index contributed by atoms with van der Waals surface area (Å²) >= 11 is 0. The number of anilines is 2. The van der Waals surface area contributed by atoms with Gasteiger partial charge in [-0.2, -0.15) is 10.2 Å². The fourth-order valence-corrected chi connectivity index (χ4v) is 5.63. The number of nitrogens with zero attached hydrogens (tertiary/aromatic N) is 6. The molecule has 0 aliphatic carbocycles. The third-order valence-corrected chi connectivity index (χ3v) is 7.55. The maximum atomic E-state index is 14.3. The van der Waals surface area contributed by atoms with Gasteiger partial charge in [0.2, 0.25) is 5.91 Å². The minimum absolute atomic E-state index is 0.0129. The van der Waals surface area contributed by atoms with E-state index in [2.05, 4.69) is 9.78 Å². The average molecular weight is 513 g/mol. The molecule has 0 saturated carbocycles. The number of aryl methyl sites for hydroxylation is 1. The van der Waals surface area contributed by atoms with Crippen molar-refractivity contribution in [2.75, 3.05) is 37.8 Å². The molecule has 3 aliphatic rings. The lowest BCUT2D eigenvalue weighted by Crippen LogP contribution is -2.36. The summed E-state index contributed by atoms with van der Waals surface area (Å²) in [6.45, 7) is 4.90. The number of ether oxygens (including phenoxy) is 2. The van der Waals surface area contributed by atoms with Gasteiger partial charge in [0.05, 0.1) is 31.0 Å². The van der Waals surface area contributed by atoms with Crippen molar-refractivity contribution in [3.05, 3.63) is 41.3 Å². The molecule has 0 radical (unpaired) electrons. The Hall–Kier alpha value is -3.47. The van der Waals surface area contributed by atoms with Gasteiger partial charge in [-0.05, 0) is 30.5 Å². The average Bonchev–Trinajstić information content (AvgIpc) is 3.51. The number of hydrogen-bond acceptors (Lipinski definition) is 6. The number of aromatic nitrogens is 4. The van der Waals surface area contributed by atoms with Crippen LogP contribution in [0.25, 0.3) is 11.1 Å². The second-order valence-electron chi connectivity index (χ2n) is 9.84. The Morgan fingerprint density at radius 3 is 2.68 bits per heavy atom. The van der Waals surface area contributed by atoms with Crippen molar-refractivity contribution in [2.24, 2.45) is 7.05 Å². The van der Waals surface area contributed by atoms with Crippen LogP contribution < -0.4 is 9.64 Å². The zero-order valence-electron chi connectivity index (χ0n) is 21.0. The second kappa shape index (κ2) is 9.44. The fraction of sp³-hybridized carbons (Fsp3) is 0.500. The first-order chi connectivity index (χ1) is 17.9. The van der Waals surface area contributed by atoms with Gasteiger partial charge in [-0.25, -0.2) is 8.78 Å². The van der Waals surface area contributed by atoms with Gasteiger partial charge in [-0.1, -0.05) is 0 Å². The van der Waals surface area contributed by atoms with Crippen LogP contribution in [0.3, 0.4) is 0 Å². The molecule has 9 nitrogen and oxygen atoms in total. The van der Waals surface area contributed by atoms with E-state index in [0.717, 1.165) is 24.1 Å². The first kappa shape index (κ1) is 23.9. The largest absolute Gasteiger partial charge is 0.490 e. The van der Waals surface area contributed by atoms with Gasteiger partial charge in [-0.15, -0.1) is 0 Å². The number of rotatable bonds is 4. The van der Waals surface area contributed by atoms with Gasteiger partial charge in [0.1, 0.15) is 12.4 Å². The van der Waals surface area contributed by atoms with Gasteiger partial charge in [0.25, 0.3) is 6.43 Å². The maximum absolute atomic E-state index is 14.3. The normalized spacial score (nSPS) is 18.1. The summed E-state index contributed by atoms with van der Waals surface area (Å²) < 4.78 is 43.9. The SMILES string of the molecule is CC(=O)N1CCc2c(c(N3CCOc4cc(-c5cnn(C)c5)c(C(F)F)cc43)nn2C2CCOCC2)C1. The predicted octanol–water partition coefficient (Wildman–Crippen LogP) is 4.01. The molecule has 11 heteroatoms. The molecule has 0 bridgehead atoms. The van der Waals surface area contributed by atoms with Crippen LogP contribution in [0.2, 0.25) is 0 Å². The molecule has 0 unspecified atom stereocenters. The summed E-state index contributed by atoms with van der Waals surface area (Å²) in [4.78, 5) is 16.1. The molecule has 0 spiro atoms. The Labute approximate surface area is 213 Å². The zero-order valence-corrected chi connectivity index (χ0v) is 21.0. The molecular formula is C26H30F2N6O3. The van der Waals surface area contributed by atoms with Gasteiger partial charge < -0.3 is 19.3 Å². The smallest absolute Gasteiger partial charge is 0.264 e. The Balaban J connectivity index is 1.47. The van der Waals surface area contributed by atoms with Crippen LogP contribution >= 0.6 is 0 Å². The monoisotopic (exact) mass is 512 g/mol. The molecule has 2 aromatic heterocycles. The second-order valence-corrected chi connectivity index (χ2v) is 9.84.